The van der Waals surface area contributed by atoms with Crippen LogP contribution in [-0.2, 0) is 28.8 Å². The molecule has 0 saturated carbocycles. The second-order valence-electron chi connectivity index (χ2n) is 30.3. The fourth-order valence-electron chi connectivity index (χ4n) is 14.0. The van der Waals surface area contributed by atoms with E-state index in [1.54, 1.807) is 78.0 Å². The first-order valence-corrected chi connectivity index (χ1v) is 32.1. The van der Waals surface area contributed by atoms with E-state index in [-0.39, 0.29) is 104 Å². The Morgan fingerprint density at radius 1 is 0.307 bits per heavy atom. The highest BCUT2D eigenvalue weighted by Crippen LogP contribution is 2.46. The van der Waals surface area contributed by atoms with Crippen LogP contribution in [-0.4, -0.2) is 79.5 Å². The van der Waals surface area contributed by atoms with Gasteiger partial charge in [0.25, 0.3) is 0 Å². The van der Waals surface area contributed by atoms with Gasteiger partial charge in [-0.2, -0.15) is 0 Å². The summed E-state index contributed by atoms with van der Waals surface area (Å²) in [6.45, 7) is 47.9. The minimum Gasteiger partial charge on any atom is -0.389 e. The van der Waals surface area contributed by atoms with E-state index in [1.165, 1.54) is 36.8 Å². The number of aliphatic hydroxyl groups is 4. The van der Waals surface area contributed by atoms with Crippen molar-refractivity contribution in [3.8, 4) is 0 Å². The van der Waals surface area contributed by atoms with Crippen LogP contribution in [0.1, 0.15) is 218 Å². The maximum absolute atomic E-state index is 10.9. The summed E-state index contributed by atoms with van der Waals surface area (Å²) in [6.07, 6.45) is 40.4. The second kappa shape index (κ2) is 35.4. The molecule has 0 aromatic rings. The summed E-state index contributed by atoms with van der Waals surface area (Å²) < 4.78 is 0. The van der Waals surface area contributed by atoms with Gasteiger partial charge in [0.2, 0.25) is 0 Å². The Hall–Kier alpha value is -5.26. The minimum atomic E-state index is -0.345. The lowest BCUT2D eigenvalue weighted by atomic mass is 9.68. The molecule has 0 heterocycles. The highest BCUT2D eigenvalue weighted by atomic mass is 16.3. The van der Waals surface area contributed by atoms with E-state index in [4.69, 9.17) is 0 Å². The van der Waals surface area contributed by atoms with Crippen molar-refractivity contribution in [1.29, 1.82) is 0 Å². The molecule has 0 aromatic heterocycles. The van der Waals surface area contributed by atoms with Crippen LogP contribution in [0.15, 0.2) is 143 Å². The third-order valence-electron chi connectivity index (χ3n) is 18.4. The van der Waals surface area contributed by atoms with Gasteiger partial charge in [-0.1, -0.05) is 189 Å². The number of hydrogen-bond acceptors (Lipinski definition) is 10. The maximum Gasteiger partial charge on any atom is 0.152 e. The summed E-state index contributed by atoms with van der Waals surface area (Å²) >= 11 is 0. The topological polar surface area (TPSA) is 183 Å². The van der Waals surface area contributed by atoms with Gasteiger partial charge in [-0.3, -0.25) is 28.8 Å². The first kappa shape index (κ1) is 80.8. The van der Waals surface area contributed by atoms with Crippen molar-refractivity contribution in [3.05, 3.63) is 143 Å². The monoisotopic (exact) mass is 1220 g/mol. The van der Waals surface area contributed by atoms with E-state index in [0.29, 0.717) is 22.7 Å². The van der Waals surface area contributed by atoms with Crippen molar-refractivity contribution in [2.45, 2.75) is 242 Å². The largest absolute Gasteiger partial charge is 0.389 e. The minimum absolute atomic E-state index is 0.0181. The van der Waals surface area contributed by atoms with Gasteiger partial charge >= 0.3 is 0 Å². The Balaban J connectivity index is 0.000000528. The molecule has 0 saturated heterocycles. The molecule has 0 bridgehead atoms. The molecule has 0 unspecified atom stereocenters. The van der Waals surface area contributed by atoms with Crippen molar-refractivity contribution in [2.75, 3.05) is 0 Å². The molecule has 0 radical (unpaired) electrons. The van der Waals surface area contributed by atoms with Crippen molar-refractivity contribution < 1.29 is 49.2 Å². The fraction of sp³-hybridized carbons (Fsp3) is 0.615. The van der Waals surface area contributed by atoms with Gasteiger partial charge < -0.3 is 20.4 Å². The Bertz CT molecular complexity index is 2460. The lowest BCUT2D eigenvalue weighted by molar-refractivity contribution is -0.113. The zero-order valence-corrected chi connectivity index (χ0v) is 59.1. The van der Waals surface area contributed by atoms with Crippen molar-refractivity contribution in [2.24, 2.45) is 68.0 Å². The molecule has 0 spiro atoms. The molecule has 6 rings (SSSR count). The van der Waals surface area contributed by atoms with E-state index in [0.717, 1.165) is 48.0 Å². The molecule has 10 heteroatoms. The Kier molecular flexibility index (Phi) is 32.5. The van der Waals surface area contributed by atoms with Crippen LogP contribution in [0.5, 0.6) is 0 Å². The molecule has 4 N–H and O–H groups in total. The van der Waals surface area contributed by atoms with Crippen LogP contribution >= 0.6 is 0 Å². The maximum atomic E-state index is 10.9. The molecule has 6 aliphatic carbocycles. The summed E-state index contributed by atoms with van der Waals surface area (Å²) in [6, 6.07) is 0. The van der Waals surface area contributed by atoms with Gasteiger partial charge in [0.05, 0.1) is 24.4 Å². The SMILES string of the molecule is CC(=O)/C=C/[C@@H]1C(C)=CCCC1(C)C.CC(=O)/C=C/[C@@H]1C(C)=C[C@@H](O)CC1(C)C.CC(=O)/C=C/[C@@H]1C(C)=C[C@H](O)CC1(C)C.CC(=O)/C=C/[C@H]1C(C)=CCCC1(C)C.CC(=O)/C=C/[C@H]1C(C)=C[C@@H](O)CC1(C)C.CC(=O)/C=C/[C@H]1C(C)=C[C@H](O)CC1(C)C. The molecule has 10 nitrogen and oxygen atoms in total. The Morgan fingerprint density at radius 2 is 0.466 bits per heavy atom. The third kappa shape index (κ3) is 28.3. The number of carbonyl (C=O) groups is 6. The van der Waals surface area contributed by atoms with Crippen LogP contribution in [0.25, 0.3) is 0 Å². The molecule has 492 valence electrons. The molecule has 0 fully saturated rings. The lowest BCUT2D eigenvalue weighted by Gasteiger charge is -2.38. The molecule has 10 atom stereocenters. The van der Waals surface area contributed by atoms with Gasteiger partial charge in [-0.05, 0) is 203 Å². The molecular weight excluding hydrogens is 1100 g/mol. The Labute approximate surface area is 534 Å². The average molecular weight is 1220 g/mol. The third-order valence-corrected chi connectivity index (χ3v) is 18.4. The highest BCUT2D eigenvalue weighted by molar-refractivity contribution is 5.89. The van der Waals surface area contributed by atoms with Crippen molar-refractivity contribution in [1.82, 2.24) is 0 Å². The van der Waals surface area contributed by atoms with Crippen LogP contribution in [0.4, 0.5) is 0 Å². The average Bonchev–Trinajstić information content (AvgIpc) is 2.09. The standard InChI is InChI=1S/4C13H20O2.2C13H20O/c4*1-9-7-11(15)8-13(3,4)12(9)6-5-10(2)14;2*1-10-6-5-9-13(3,4)12(10)8-7-11(2)14/h4*5-7,11-12,15H,8H2,1-4H3;2*6-8,12H,5,9H2,1-4H3/b4*6-5+;2*8-7+/t2*11-,12+;2*11-,12-;2*12-/m101010/s1. The lowest BCUT2D eigenvalue weighted by Crippen LogP contribution is -2.32. The summed E-state index contributed by atoms with van der Waals surface area (Å²) in [7, 11) is 0. The van der Waals surface area contributed by atoms with Gasteiger partial charge in [-0.25, -0.2) is 0 Å². The molecule has 0 aromatic carbocycles. The fourth-order valence-corrected chi connectivity index (χ4v) is 14.0. The summed E-state index contributed by atoms with van der Waals surface area (Å²) in [5.74, 6) is 2.45. The van der Waals surface area contributed by atoms with Crippen LogP contribution in [0.3, 0.4) is 0 Å². The van der Waals surface area contributed by atoms with E-state index in [2.05, 4.69) is 121 Å². The van der Waals surface area contributed by atoms with Gasteiger partial charge in [0, 0.05) is 35.5 Å². The zero-order chi connectivity index (χ0) is 68.1. The van der Waals surface area contributed by atoms with E-state index in [1.807, 2.05) is 76.3 Å². The van der Waals surface area contributed by atoms with E-state index >= 15 is 0 Å². The smallest absolute Gasteiger partial charge is 0.152 e. The predicted octanol–water partition coefficient (Wildman–Crippen LogP) is 17.0. The van der Waals surface area contributed by atoms with Crippen LogP contribution in [0.2, 0.25) is 0 Å². The quantitative estimate of drug-likeness (QED) is 0.108. The summed E-state index contributed by atoms with van der Waals surface area (Å²) in [5.41, 5.74) is 8.07. The molecule has 0 aliphatic heterocycles. The zero-order valence-electron chi connectivity index (χ0n) is 59.1. The highest BCUT2D eigenvalue weighted by Gasteiger charge is 2.38. The summed E-state index contributed by atoms with van der Waals surface area (Å²) in [4.78, 5) is 65.4. The van der Waals surface area contributed by atoms with Crippen LogP contribution in [0, 0.1) is 68.0 Å². The van der Waals surface area contributed by atoms with Gasteiger partial charge in [0.1, 0.15) is 0 Å². The van der Waals surface area contributed by atoms with Gasteiger partial charge in [0.15, 0.2) is 34.7 Å². The predicted molar refractivity (Wildman–Crippen MR) is 366 cm³/mol. The normalized spacial score (nSPS) is 29.0. The second-order valence-corrected chi connectivity index (χ2v) is 30.3. The summed E-state index contributed by atoms with van der Waals surface area (Å²) in [5, 5.41) is 38.6. The molecule has 6 aliphatic rings. The molecule has 0 amide bonds. The molecular formula is C78H120O10. The number of rotatable bonds is 12. The number of ketones is 6. The van der Waals surface area contributed by atoms with Gasteiger partial charge in [-0.15, -0.1) is 0 Å². The Morgan fingerprint density at radius 3 is 0.602 bits per heavy atom. The van der Waals surface area contributed by atoms with Crippen LogP contribution < -0.4 is 0 Å². The number of carbonyl (C=O) groups excluding carboxylic acids is 6. The first-order chi connectivity index (χ1) is 40.2. The van der Waals surface area contributed by atoms with Crippen molar-refractivity contribution in [3.63, 3.8) is 0 Å². The molecule has 88 heavy (non-hydrogen) atoms. The van der Waals surface area contributed by atoms with E-state index < -0.39 is 0 Å². The first-order valence-electron chi connectivity index (χ1n) is 32.1. The number of aliphatic hydroxyl groups excluding tert-OH is 4. The number of allylic oxidation sites excluding steroid dienone is 20. The van der Waals surface area contributed by atoms with E-state index in [9.17, 15) is 49.2 Å². The van der Waals surface area contributed by atoms with Crippen molar-refractivity contribution >= 4 is 34.7 Å². The number of hydrogen-bond donors (Lipinski definition) is 4.